The Labute approximate surface area is 123 Å². The van der Waals surface area contributed by atoms with Crippen LogP contribution >= 0.6 is 12.4 Å². The number of nitrogens with zero attached hydrogens (tertiary/aromatic N) is 1. The van der Waals surface area contributed by atoms with Gasteiger partial charge in [0.25, 0.3) is 0 Å². The Morgan fingerprint density at radius 2 is 1.75 bits per heavy atom. The van der Waals surface area contributed by atoms with E-state index in [1.54, 1.807) is 6.92 Å². The molecule has 2 rings (SSSR count). The third-order valence-electron chi connectivity index (χ3n) is 3.42. The summed E-state index contributed by atoms with van der Waals surface area (Å²) in [6, 6.07) is 2.06. The zero-order valence-electron chi connectivity index (χ0n) is 11.1. The van der Waals surface area contributed by atoms with Crippen molar-refractivity contribution in [2.75, 3.05) is 13.1 Å². The number of rotatable bonds is 2. The molecule has 0 bridgehead atoms. The van der Waals surface area contributed by atoms with Gasteiger partial charge in [-0.05, 0) is 26.0 Å². The molecule has 0 spiro atoms. The fraction of sp³-hybridized carbons (Fsp3) is 0.500. The molecule has 0 radical (unpaired) electrons. The van der Waals surface area contributed by atoms with E-state index >= 15 is 0 Å². The van der Waals surface area contributed by atoms with Crippen molar-refractivity contribution in [3.63, 3.8) is 0 Å². The Hall–Kier alpha value is -0.760. The van der Waals surface area contributed by atoms with E-state index in [-0.39, 0.29) is 35.9 Å². The van der Waals surface area contributed by atoms with Crippen LogP contribution in [-0.4, -0.2) is 37.9 Å². The molecule has 2 atom stereocenters. The highest BCUT2D eigenvalue weighted by molar-refractivity contribution is 7.89. The maximum absolute atomic E-state index is 13.2. The van der Waals surface area contributed by atoms with E-state index < -0.39 is 21.7 Å². The van der Waals surface area contributed by atoms with Crippen molar-refractivity contribution < 1.29 is 17.2 Å². The summed E-state index contributed by atoms with van der Waals surface area (Å²) in [7, 11) is -3.88. The number of halogens is 3. The topological polar surface area (TPSA) is 49.4 Å². The van der Waals surface area contributed by atoms with Gasteiger partial charge in [0.15, 0.2) is 0 Å². The van der Waals surface area contributed by atoms with E-state index in [0.717, 1.165) is 12.1 Å². The van der Waals surface area contributed by atoms with Gasteiger partial charge in [-0.3, -0.25) is 0 Å². The van der Waals surface area contributed by atoms with Crippen molar-refractivity contribution in [3.05, 3.63) is 29.8 Å². The lowest BCUT2D eigenvalue weighted by molar-refractivity contribution is 0.232. The summed E-state index contributed by atoms with van der Waals surface area (Å²) in [4.78, 5) is -0.342. The van der Waals surface area contributed by atoms with Gasteiger partial charge >= 0.3 is 0 Å². The molecule has 20 heavy (non-hydrogen) atoms. The van der Waals surface area contributed by atoms with Gasteiger partial charge in [0.05, 0.1) is 4.90 Å². The highest BCUT2D eigenvalue weighted by Gasteiger charge is 2.34. The Morgan fingerprint density at radius 3 is 2.30 bits per heavy atom. The minimum atomic E-state index is -3.88. The number of hydrogen-bond donors (Lipinski definition) is 1. The Morgan fingerprint density at radius 1 is 1.20 bits per heavy atom. The fourth-order valence-corrected chi connectivity index (χ4v) is 3.92. The first-order valence-corrected chi connectivity index (χ1v) is 7.47. The highest BCUT2D eigenvalue weighted by Crippen LogP contribution is 2.22. The monoisotopic (exact) mass is 326 g/mol. The van der Waals surface area contributed by atoms with Gasteiger partial charge in [0, 0.05) is 31.2 Å². The predicted octanol–water partition coefficient (Wildman–Crippen LogP) is 1.76. The van der Waals surface area contributed by atoms with E-state index in [4.69, 9.17) is 0 Å². The smallest absolute Gasteiger partial charge is 0.243 e. The lowest BCUT2D eigenvalue weighted by Crippen LogP contribution is -2.57. The normalized spacial score (nSPS) is 24.2. The molecule has 2 unspecified atom stereocenters. The number of sulfonamides is 1. The van der Waals surface area contributed by atoms with Gasteiger partial charge in [0.1, 0.15) is 11.6 Å². The molecule has 1 N–H and O–H groups in total. The summed E-state index contributed by atoms with van der Waals surface area (Å²) in [6.45, 7) is 4.44. The molecule has 1 aromatic carbocycles. The summed E-state index contributed by atoms with van der Waals surface area (Å²) in [6.07, 6.45) is 0. The maximum Gasteiger partial charge on any atom is 0.243 e. The van der Waals surface area contributed by atoms with E-state index in [9.17, 15) is 17.2 Å². The van der Waals surface area contributed by atoms with Crippen LogP contribution in [-0.2, 0) is 10.0 Å². The molecule has 8 heteroatoms. The molecule has 0 amide bonds. The molecule has 4 nitrogen and oxygen atoms in total. The van der Waals surface area contributed by atoms with Gasteiger partial charge in [-0.25, -0.2) is 17.2 Å². The summed E-state index contributed by atoms with van der Waals surface area (Å²) >= 11 is 0. The van der Waals surface area contributed by atoms with Gasteiger partial charge in [-0.1, -0.05) is 0 Å². The molecule has 1 aliphatic heterocycles. The zero-order chi connectivity index (χ0) is 14.2. The lowest BCUT2D eigenvalue weighted by Gasteiger charge is -2.37. The average molecular weight is 327 g/mol. The second-order valence-electron chi connectivity index (χ2n) is 4.70. The zero-order valence-corrected chi connectivity index (χ0v) is 12.8. The molecule has 1 saturated heterocycles. The van der Waals surface area contributed by atoms with Crippen molar-refractivity contribution in [3.8, 4) is 0 Å². The van der Waals surface area contributed by atoms with Crippen LogP contribution in [0, 0.1) is 11.6 Å². The molecule has 0 aliphatic carbocycles. The summed E-state index contributed by atoms with van der Waals surface area (Å²) < 4.78 is 52.4. The third kappa shape index (κ3) is 3.28. The molecule has 1 fully saturated rings. The van der Waals surface area contributed by atoms with E-state index in [1.807, 2.05) is 6.92 Å². The molecule has 1 aliphatic rings. The largest absolute Gasteiger partial charge is 0.311 e. The van der Waals surface area contributed by atoms with Crippen LogP contribution in [0.25, 0.3) is 0 Å². The Kier molecular flexibility index (Phi) is 5.48. The van der Waals surface area contributed by atoms with Crippen LogP contribution in [0.2, 0.25) is 0 Å². The van der Waals surface area contributed by atoms with E-state index in [2.05, 4.69) is 5.32 Å². The number of hydrogen-bond acceptors (Lipinski definition) is 3. The van der Waals surface area contributed by atoms with Crippen molar-refractivity contribution >= 4 is 22.4 Å². The van der Waals surface area contributed by atoms with Gasteiger partial charge < -0.3 is 5.32 Å². The van der Waals surface area contributed by atoms with Crippen LogP contribution < -0.4 is 5.32 Å². The van der Waals surface area contributed by atoms with Crippen LogP contribution in [0.5, 0.6) is 0 Å². The van der Waals surface area contributed by atoms with Gasteiger partial charge in [-0.2, -0.15) is 4.31 Å². The number of piperazine rings is 1. The van der Waals surface area contributed by atoms with Crippen LogP contribution in [0.15, 0.2) is 23.1 Å². The molecular weight excluding hydrogens is 310 g/mol. The minimum absolute atomic E-state index is 0. The molecule has 0 aromatic heterocycles. The second kappa shape index (κ2) is 6.34. The number of nitrogens with one attached hydrogen (secondary N) is 1. The minimum Gasteiger partial charge on any atom is -0.311 e. The maximum atomic E-state index is 13.2. The van der Waals surface area contributed by atoms with Crippen molar-refractivity contribution in [1.82, 2.24) is 9.62 Å². The van der Waals surface area contributed by atoms with Gasteiger partial charge in [-0.15, -0.1) is 12.4 Å². The van der Waals surface area contributed by atoms with Gasteiger partial charge in [0.2, 0.25) is 10.0 Å². The molecule has 1 heterocycles. The molecule has 1 aromatic rings. The van der Waals surface area contributed by atoms with Crippen molar-refractivity contribution in [1.29, 1.82) is 0 Å². The van der Waals surface area contributed by atoms with Crippen molar-refractivity contribution in [2.45, 2.75) is 30.8 Å². The highest BCUT2D eigenvalue weighted by atomic mass is 35.5. The lowest BCUT2D eigenvalue weighted by atomic mass is 10.1. The Balaban J connectivity index is 0.00000200. The van der Waals surface area contributed by atoms with E-state index in [1.165, 1.54) is 4.31 Å². The summed E-state index contributed by atoms with van der Waals surface area (Å²) in [5, 5.41) is 3.15. The van der Waals surface area contributed by atoms with Crippen LogP contribution in [0.3, 0.4) is 0 Å². The van der Waals surface area contributed by atoms with Crippen molar-refractivity contribution in [2.24, 2.45) is 0 Å². The Bertz CT molecular complexity index is 563. The first kappa shape index (κ1) is 17.3. The predicted molar refractivity (Wildman–Crippen MR) is 74.4 cm³/mol. The average Bonchev–Trinajstić information content (AvgIpc) is 2.31. The van der Waals surface area contributed by atoms with E-state index in [0.29, 0.717) is 12.6 Å². The first-order chi connectivity index (χ1) is 8.82. The first-order valence-electron chi connectivity index (χ1n) is 6.03. The third-order valence-corrected chi connectivity index (χ3v) is 5.38. The fourth-order valence-electron chi connectivity index (χ4n) is 2.18. The second-order valence-corrected chi connectivity index (χ2v) is 6.59. The number of benzene rings is 1. The summed E-state index contributed by atoms with van der Waals surface area (Å²) in [5.74, 6) is -1.79. The molecule has 114 valence electrons. The van der Waals surface area contributed by atoms with Crippen LogP contribution in [0.4, 0.5) is 8.78 Å². The standard InChI is InChI=1S/C12H16F2N2O2S.ClH/c1-8-9(2)16(4-3-15-8)19(17,18)12-6-10(13)5-11(14)7-12;/h5-9,15H,3-4H2,1-2H3;1H. The molecule has 0 saturated carbocycles. The quantitative estimate of drug-likeness (QED) is 0.901. The van der Waals surface area contributed by atoms with Crippen LogP contribution in [0.1, 0.15) is 13.8 Å². The SMILES string of the molecule is CC1NCCN(S(=O)(=O)c2cc(F)cc(F)c2)C1C.Cl. The summed E-state index contributed by atoms with van der Waals surface area (Å²) in [5.41, 5.74) is 0. The molecular formula is C12H17ClF2N2O2S.